The van der Waals surface area contributed by atoms with Gasteiger partial charge < -0.3 is 10.5 Å². The van der Waals surface area contributed by atoms with E-state index in [0.29, 0.717) is 17.9 Å². The summed E-state index contributed by atoms with van der Waals surface area (Å²) < 4.78 is 46.3. The zero-order chi connectivity index (χ0) is 20.1. The van der Waals surface area contributed by atoms with Crippen molar-refractivity contribution in [2.24, 2.45) is 5.73 Å². The second kappa shape index (κ2) is 9.98. The minimum Gasteiger partial charge on any atom is -0.492 e. The molecule has 0 unspecified atom stereocenters. The van der Waals surface area contributed by atoms with Crippen LogP contribution in [0, 0.1) is 0 Å². The number of carbonyl (C=O) groups is 1. The van der Waals surface area contributed by atoms with Gasteiger partial charge in [0.2, 0.25) is 5.91 Å². The van der Waals surface area contributed by atoms with Gasteiger partial charge in [0.25, 0.3) is 0 Å². The summed E-state index contributed by atoms with van der Waals surface area (Å²) in [5.74, 6) is -0.507. The monoisotopic (exact) mass is 428 g/mol. The van der Waals surface area contributed by atoms with E-state index in [0.717, 1.165) is 25.7 Å². The molecule has 0 radical (unpaired) electrons. The van der Waals surface area contributed by atoms with Crippen molar-refractivity contribution in [1.29, 1.82) is 0 Å². The van der Waals surface area contributed by atoms with E-state index >= 15 is 0 Å². The van der Waals surface area contributed by atoms with Gasteiger partial charge in [-0.3, -0.25) is 9.69 Å². The molecule has 2 N–H and O–H groups in total. The maximum Gasteiger partial charge on any atom is 0.417 e. The number of nitrogens with zero attached hydrogens (tertiary/aromatic N) is 1. The van der Waals surface area contributed by atoms with Crippen molar-refractivity contribution in [3.8, 4) is 16.9 Å². The molecule has 1 fully saturated rings. The fourth-order valence-electron chi connectivity index (χ4n) is 3.51. The Labute approximate surface area is 174 Å². The number of likely N-dealkylation sites (tertiary alicyclic amines) is 1. The summed E-state index contributed by atoms with van der Waals surface area (Å²) in [4.78, 5) is 13.8. The van der Waals surface area contributed by atoms with Gasteiger partial charge in [-0.05, 0) is 55.3 Å². The standard InChI is InChI=1S/C21H23F3N2O2.ClH/c22-21(23,24)19-17(5-4-6-18(19)20(25)27)15-7-9-16(10-8-15)28-14-13-26-11-2-1-3-12-26;/h4-10H,1-3,11-14H2,(H2,25,27);1H. The van der Waals surface area contributed by atoms with Gasteiger partial charge in [0.05, 0.1) is 11.1 Å². The summed E-state index contributed by atoms with van der Waals surface area (Å²) in [5, 5.41) is 0. The van der Waals surface area contributed by atoms with E-state index < -0.39 is 23.2 Å². The molecule has 3 rings (SSSR count). The molecule has 29 heavy (non-hydrogen) atoms. The third-order valence-corrected chi connectivity index (χ3v) is 4.90. The van der Waals surface area contributed by atoms with Crippen molar-refractivity contribution in [3.63, 3.8) is 0 Å². The number of amides is 1. The Bertz CT molecular complexity index is 820. The maximum atomic E-state index is 13.5. The quantitative estimate of drug-likeness (QED) is 0.721. The Morgan fingerprint density at radius 3 is 2.28 bits per heavy atom. The highest BCUT2D eigenvalue weighted by Crippen LogP contribution is 2.39. The van der Waals surface area contributed by atoms with Crippen molar-refractivity contribution in [2.75, 3.05) is 26.2 Å². The number of rotatable bonds is 6. The molecule has 2 aromatic carbocycles. The molecular weight excluding hydrogens is 405 g/mol. The van der Waals surface area contributed by atoms with Crippen LogP contribution in [-0.4, -0.2) is 37.0 Å². The Hall–Kier alpha value is -2.25. The number of benzene rings is 2. The molecule has 2 aromatic rings. The highest BCUT2D eigenvalue weighted by Gasteiger charge is 2.37. The predicted molar refractivity (Wildman–Crippen MR) is 108 cm³/mol. The summed E-state index contributed by atoms with van der Waals surface area (Å²) >= 11 is 0. The first-order valence-electron chi connectivity index (χ1n) is 9.32. The zero-order valence-electron chi connectivity index (χ0n) is 15.9. The summed E-state index contributed by atoms with van der Waals surface area (Å²) in [6.07, 6.45) is -0.999. The average Bonchev–Trinajstić information content (AvgIpc) is 2.68. The van der Waals surface area contributed by atoms with Gasteiger partial charge in [-0.25, -0.2) is 0 Å². The molecule has 1 saturated heterocycles. The van der Waals surface area contributed by atoms with Crippen LogP contribution < -0.4 is 10.5 Å². The molecule has 0 saturated carbocycles. The van der Waals surface area contributed by atoms with Crippen molar-refractivity contribution >= 4 is 18.3 Å². The third-order valence-electron chi connectivity index (χ3n) is 4.90. The number of ether oxygens (including phenoxy) is 1. The first-order chi connectivity index (χ1) is 13.4. The van der Waals surface area contributed by atoms with Crippen LogP contribution in [0.1, 0.15) is 35.2 Å². The van der Waals surface area contributed by atoms with E-state index in [2.05, 4.69) is 4.90 Å². The molecule has 1 heterocycles. The smallest absolute Gasteiger partial charge is 0.417 e. The second-order valence-electron chi connectivity index (χ2n) is 6.87. The van der Waals surface area contributed by atoms with Crippen molar-refractivity contribution in [2.45, 2.75) is 25.4 Å². The van der Waals surface area contributed by atoms with E-state index in [4.69, 9.17) is 10.5 Å². The van der Waals surface area contributed by atoms with Crippen LogP contribution in [0.25, 0.3) is 11.1 Å². The Kier molecular flexibility index (Phi) is 7.93. The number of hydrogen-bond acceptors (Lipinski definition) is 3. The number of alkyl halides is 3. The first-order valence-corrected chi connectivity index (χ1v) is 9.32. The van der Waals surface area contributed by atoms with Crippen LogP contribution in [0.2, 0.25) is 0 Å². The van der Waals surface area contributed by atoms with Crippen LogP contribution in [0.15, 0.2) is 42.5 Å². The van der Waals surface area contributed by atoms with Crippen LogP contribution in [0.3, 0.4) is 0 Å². The molecule has 0 spiro atoms. The molecule has 158 valence electrons. The van der Waals surface area contributed by atoms with Gasteiger partial charge in [0, 0.05) is 6.54 Å². The molecule has 4 nitrogen and oxygen atoms in total. The highest BCUT2D eigenvalue weighted by atomic mass is 35.5. The van der Waals surface area contributed by atoms with Crippen LogP contribution in [0.4, 0.5) is 13.2 Å². The lowest BCUT2D eigenvalue weighted by atomic mass is 9.94. The Morgan fingerprint density at radius 2 is 1.69 bits per heavy atom. The van der Waals surface area contributed by atoms with Gasteiger partial charge >= 0.3 is 6.18 Å². The largest absolute Gasteiger partial charge is 0.492 e. The molecule has 1 aliphatic heterocycles. The Balaban J connectivity index is 0.00000300. The number of hydrogen-bond donors (Lipinski definition) is 1. The lowest BCUT2D eigenvalue weighted by Crippen LogP contribution is -2.33. The number of nitrogens with two attached hydrogens (primary N) is 1. The van der Waals surface area contributed by atoms with E-state index in [1.54, 1.807) is 24.3 Å². The first kappa shape index (κ1) is 23.0. The average molecular weight is 429 g/mol. The summed E-state index contributed by atoms with van der Waals surface area (Å²) in [5.41, 5.74) is 3.85. The van der Waals surface area contributed by atoms with Gasteiger partial charge in [-0.1, -0.05) is 30.7 Å². The van der Waals surface area contributed by atoms with E-state index in [1.165, 1.54) is 31.4 Å². The Morgan fingerprint density at radius 1 is 1.03 bits per heavy atom. The fraction of sp³-hybridized carbons (Fsp3) is 0.381. The summed E-state index contributed by atoms with van der Waals surface area (Å²) in [7, 11) is 0. The van der Waals surface area contributed by atoms with Crippen molar-refractivity contribution < 1.29 is 22.7 Å². The number of piperidine rings is 1. The molecular formula is C21H24ClF3N2O2. The molecule has 8 heteroatoms. The normalized spacial score (nSPS) is 14.9. The predicted octanol–water partition coefficient (Wildman–Crippen LogP) is 4.76. The lowest BCUT2D eigenvalue weighted by molar-refractivity contribution is -0.137. The van der Waals surface area contributed by atoms with Gasteiger partial charge in [-0.2, -0.15) is 13.2 Å². The van der Waals surface area contributed by atoms with Crippen LogP contribution in [0.5, 0.6) is 5.75 Å². The number of halogens is 4. The van der Waals surface area contributed by atoms with E-state index in [9.17, 15) is 18.0 Å². The van der Waals surface area contributed by atoms with Crippen molar-refractivity contribution in [1.82, 2.24) is 4.90 Å². The molecule has 0 aromatic heterocycles. The van der Waals surface area contributed by atoms with Crippen molar-refractivity contribution in [3.05, 3.63) is 53.6 Å². The zero-order valence-corrected chi connectivity index (χ0v) is 16.7. The molecule has 1 aliphatic rings. The molecule has 0 bridgehead atoms. The summed E-state index contributed by atoms with van der Waals surface area (Å²) in [6.45, 7) is 3.53. The molecule has 1 amide bonds. The van der Waals surface area contributed by atoms with E-state index in [1.807, 2.05) is 0 Å². The van der Waals surface area contributed by atoms with Gasteiger partial charge in [-0.15, -0.1) is 12.4 Å². The second-order valence-corrected chi connectivity index (χ2v) is 6.87. The van der Waals surface area contributed by atoms with Gasteiger partial charge in [0.15, 0.2) is 0 Å². The van der Waals surface area contributed by atoms with E-state index in [-0.39, 0.29) is 18.0 Å². The third kappa shape index (κ3) is 5.87. The molecule has 0 atom stereocenters. The minimum atomic E-state index is -4.69. The number of primary amides is 1. The lowest BCUT2D eigenvalue weighted by Gasteiger charge is -2.26. The van der Waals surface area contributed by atoms with Gasteiger partial charge in [0.1, 0.15) is 12.4 Å². The van der Waals surface area contributed by atoms with Crippen LogP contribution in [-0.2, 0) is 6.18 Å². The minimum absolute atomic E-state index is 0. The fourth-order valence-corrected chi connectivity index (χ4v) is 3.51. The number of carbonyl (C=O) groups excluding carboxylic acids is 1. The SMILES string of the molecule is Cl.NC(=O)c1cccc(-c2ccc(OCCN3CCCCC3)cc2)c1C(F)(F)F. The highest BCUT2D eigenvalue weighted by molar-refractivity contribution is 5.96. The maximum absolute atomic E-state index is 13.5. The molecule has 0 aliphatic carbocycles. The topological polar surface area (TPSA) is 55.6 Å². The summed E-state index contributed by atoms with van der Waals surface area (Å²) in [6, 6.07) is 10.2. The van der Waals surface area contributed by atoms with Crippen LogP contribution >= 0.6 is 12.4 Å².